The Morgan fingerprint density at radius 1 is 1.09 bits per heavy atom. The molecule has 0 fully saturated rings. The summed E-state index contributed by atoms with van der Waals surface area (Å²) in [7, 11) is 0. The van der Waals surface area contributed by atoms with Crippen molar-refractivity contribution in [1.82, 2.24) is 4.98 Å². The highest BCUT2D eigenvalue weighted by molar-refractivity contribution is 5.79. The van der Waals surface area contributed by atoms with Crippen LogP contribution in [0.5, 0.6) is 0 Å². The molecule has 0 spiro atoms. The minimum absolute atomic E-state index is 0.121. The maximum absolute atomic E-state index is 13.1. The van der Waals surface area contributed by atoms with Crippen LogP contribution in [0.4, 0.5) is 4.39 Å². The van der Waals surface area contributed by atoms with Crippen LogP contribution in [0.15, 0.2) is 59.0 Å². The van der Waals surface area contributed by atoms with Gasteiger partial charge in [0.2, 0.25) is 5.89 Å². The third-order valence-electron chi connectivity index (χ3n) is 3.54. The topological polar surface area (TPSA) is 63.3 Å². The van der Waals surface area contributed by atoms with Crippen LogP contribution in [-0.4, -0.2) is 16.1 Å². The maximum Gasteiger partial charge on any atom is 0.315 e. The number of benzene rings is 2. The molecule has 116 valence electrons. The molecule has 0 radical (unpaired) electrons. The highest BCUT2D eigenvalue weighted by Crippen LogP contribution is 2.34. The zero-order valence-electron chi connectivity index (χ0n) is 12.4. The Balaban J connectivity index is 2.16. The number of oxazole rings is 1. The Hall–Kier alpha value is -2.95. The Labute approximate surface area is 132 Å². The molecule has 1 heterocycles. The Morgan fingerprint density at radius 2 is 1.74 bits per heavy atom. The summed E-state index contributed by atoms with van der Waals surface area (Å²) in [6, 6.07) is 15.1. The van der Waals surface area contributed by atoms with Crippen molar-refractivity contribution in [2.45, 2.75) is 12.8 Å². The van der Waals surface area contributed by atoms with E-state index < -0.39 is 11.9 Å². The molecular weight excluding hydrogens is 297 g/mol. The SMILES string of the molecule is CC(C(=O)O)c1nc(-c2ccccc2)c(-c2ccc(F)cc2)o1. The van der Waals surface area contributed by atoms with Gasteiger partial charge in [-0.2, -0.15) is 0 Å². The second kappa shape index (κ2) is 6.04. The first kappa shape index (κ1) is 15.0. The molecule has 4 nitrogen and oxygen atoms in total. The molecule has 0 aliphatic heterocycles. The van der Waals surface area contributed by atoms with Crippen molar-refractivity contribution in [1.29, 1.82) is 0 Å². The lowest BCUT2D eigenvalue weighted by molar-refractivity contribution is -0.138. The molecule has 0 saturated heterocycles. The van der Waals surface area contributed by atoms with Gasteiger partial charge in [-0.3, -0.25) is 4.79 Å². The Bertz CT molecular complexity index is 825. The van der Waals surface area contributed by atoms with Gasteiger partial charge in [-0.05, 0) is 31.2 Å². The van der Waals surface area contributed by atoms with E-state index in [0.29, 0.717) is 17.0 Å². The van der Waals surface area contributed by atoms with Gasteiger partial charge in [-0.25, -0.2) is 9.37 Å². The van der Waals surface area contributed by atoms with E-state index >= 15 is 0 Å². The van der Waals surface area contributed by atoms with Crippen LogP contribution in [0.1, 0.15) is 18.7 Å². The standard InChI is InChI=1S/C18H14FNO3/c1-11(18(21)22)17-20-15(12-5-3-2-4-6-12)16(23-17)13-7-9-14(19)10-8-13/h2-11H,1H3,(H,21,22). The minimum atomic E-state index is -1.02. The summed E-state index contributed by atoms with van der Waals surface area (Å²) in [4.78, 5) is 15.5. The van der Waals surface area contributed by atoms with Gasteiger partial charge in [0.1, 0.15) is 17.4 Å². The number of carboxylic acid groups (broad SMARTS) is 1. The number of carboxylic acids is 1. The second-order valence-electron chi connectivity index (χ2n) is 5.16. The van der Waals surface area contributed by atoms with Gasteiger partial charge in [0.05, 0.1) is 0 Å². The van der Waals surface area contributed by atoms with Crippen LogP contribution < -0.4 is 0 Å². The molecule has 1 atom stereocenters. The average Bonchev–Trinajstić information content (AvgIpc) is 3.00. The maximum atomic E-state index is 13.1. The molecule has 5 heteroatoms. The summed E-state index contributed by atoms with van der Waals surface area (Å²) in [5.41, 5.74) is 1.99. The zero-order chi connectivity index (χ0) is 16.4. The summed E-state index contributed by atoms with van der Waals surface area (Å²) < 4.78 is 18.8. The average molecular weight is 311 g/mol. The molecule has 0 aliphatic carbocycles. The highest BCUT2D eigenvalue weighted by Gasteiger charge is 2.24. The quantitative estimate of drug-likeness (QED) is 0.778. The third kappa shape index (κ3) is 2.99. The van der Waals surface area contributed by atoms with E-state index in [-0.39, 0.29) is 11.7 Å². The van der Waals surface area contributed by atoms with Gasteiger partial charge in [0.15, 0.2) is 5.76 Å². The normalized spacial score (nSPS) is 12.1. The third-order valence-corrected chi connectivity index (χ3v) is 3.54. The molecular formula is C18H14FNO3. The highest BCUT2D eigenvalue weighted by atomic mass is 19.1. The molecule has 0 saturated carbocycles. The van der Waals surface area contributed by atoms with Crippen molar-refractivity contribution in [3.63, 3.8) is 0 Å². The molecule has 23 heavy (non-hydrogen) atoms. The number of hydrogen-bond acceptors (Lipinski definition) is 3. The molecule has 0 bridgehead atoms. The number of hydrogen-bond donors (Lipinski definition) is 1. The fourth-order valence-corrected chi connectivity index (χ4v) is 2.22. The van der Waals surface area contributed by atoms with Crippen LogP contribution >= 0.6 is 0 Å². The van der Waals surface area contributed by atoms with E-state index in [9.17, 15) is 9.18 Å². The van der Waals surface area contributed by atoms with E-state index in [0.717, 1.165) is 5.56 Å². The number of rotatable bonds is 4. The number of carbonyl (C=O) groups is 1. The van der Waals surface area contributed by atoms with Gasteiger partial charge < -0.3 is 9.52 Å². The molecule has 2 aromatic carbocycles. The van der Waals surface area contributed by atoms with Crippen molar-refractivity contribution in [3.05, 3.63) is 66.3 Å². The lowest BCUT2D eigenvalue weighted by Gasteiger charge is -2.01. The fraction of sp³-hybridized carbons (Fsp3) is 0.111. The van der Waals surface area contributed by atoms with E-state index in [4.69, 9.17) is 9.52 Å². The minimum Gasteiger partial charge on any atom is -0.481 e. The monoisotopic (exact) mass is 311 g/mol. The molecule has 1 unspecified atom stereocenters. The molecule has 1 aromatic heterocycles. The molecule has 0 amide bonds. The zero-order valence-corrected chi connectivity index (χ0v) is 12.4. The van der Waals surface area contributed by atoms with E-state index in [1.54, 1.807) is 12.1 Å². The van der Waals surface area contributed by atoms with Crippen LogP contribution in [0, 0.1) is 5.82 Å². The second-order valence-corrected chi connectivity index (χ2v) is 5.16. The van der Waals surface area contributed by atoms with Crippen LogP contribution in [0.25, 0.3) is 22.6 Å². The van der Waals surface area contributed by atoms with Crippen LogP contribution in [0.2, 0.25) is 0 Å². The lowest BCUT2D eigenvalue weighted by atomic mass is 10.1. The molecule has 0 aliphatic rings. The van der Waals surface area contributed by atoms with Crippen LogP contribution in [0.3, 0.4) is 0 Å². The first-order valence-electron chi connectivity index (χ1n) is 7.11. The lowest BCUT2D eigenvalue weighted by Crippen LogP contribution is -2.07. The number of halogens is 1. The Morgan fingerprint density at radius 3 is 2.35 bits per heavy atom. The smallest absolute Gasteiger partial charge is 0.315 e. The molecule has 3 rings (SSSR count). The van der Waals surface area contributed by atoms with E-state index in [1.807, 2.05) is 30.3 Å². The van der Waals surface area contributed by atoms with E-state index in [2.05, 4.69) is 4.98 Å². The van der Waals surface area contributed by atoms with E-state index in [1.165, 1.54) is 19.1 Å². The van der Waals surface area contributed by atoms with Crippen molar-refractivity contribution in [2.75, 3.05) is 0 Å². The summed E-state index contributed by atoms with van der Waals surface area (Å²) in [6.45, 7) is 1.51. The summed E-state index contributed by atoms with van der Waals surface area (Å²) in [5.74, 6) is -1.69. The summed E-state index contributed by atoms with van der Waals surface area (Å²) in [6.07, 6.45) is 0. The Kier molecular flexibility index (Phi) is 3.93. The number of nitrogens with zero attached hydrogens (tertiary/aromatic N) is 1. The first-order valence-corrected chi connectivity index (χ1v) is 7.11. The number of aliphatic carboxylic acids is 1. The van der Waals surface area contributed by atoms with Gasteiger partial charge in [0, 0.05) is 11.1 Å². The van der Waals surface area contributed by atoms with Crippen molar-refractivity contribution >= 4 is 5.97 Å². The van der Waals surface area contributed by atoms with Gasteiger partial charge in [0.25, 0.3) is 0 Å². The molecule has 3 aromatic rings. The van der Waals surface area contributed by atoms with Crippen molar-refractivity contribution in [2.24, 2.45) is 0 Å². The number of aromatic nitrogens is 1. The predicted octanol–water partition coefficient (Wildman–Crippen LogP) is 4.34. The first-order chi connectivity index (χ1) is 11.1. The van der Waals surface area contributed by atoms with Crippen molar-refractivity contribution in [3.8, 4) is 22.6 Å². The summed E-state index contributed by atoms with van der Waals surface area (Å²) >= 11 is 0. The van der Waals surface area contributed by atoms with Crippen molar-refractivity contribution < 1.29 is 18.7 Å². The predicted molar refractivity (Wildman–Crippen MR) is 83.4 cm³/mol. The largest absolute Gasteiger partial charge is 0.481 e. The van der Waals surface area contributed by atoms with Gasteiger partial charge in [-0.1, -0.05) is 30.3 Å². The summed E-state index contributed by atoms with van der Waals surface area (Å²) in [5, 5.41) is 9.16. The van der Waals surface area contributed by atoms with Gasteiger partial charge >= 0.3 is 5.97 Å². The fourth-order valence-electron chi connectivity index (χ4n) is 2.22. The van der Waals surface area contributed by atoms with Gasteiger partial charge in [-0.15, -0.1) is 0 Å². The molecule has 1 N–H and O–H groups in total. The van der Waals surface area contributed by atoms with Crippen LogP contribution in [-0.2, 0) is 4.79 Å².